The Bertz CT molecular complexity index is 952. The summed E-state index contributed by atoms with van der Waals surface area (Å²) in [4.78, 5) is 23.1. The highest BCUT2D eigenvalue weighted by Crippen LogP contribution is 2.28. The number of rotatable bonds is 7. The van der Waals surface area contributed by atoms with Crippen LogP contribution in [0, 0.1) is 17.1 Å². The minimum absolute atomic E-state index is 0.136. The van der Waals surface area contributed by atoms with Crippen molar-refractivity contribution >= 4 is 17.7 Å². The minimum Gasteiger partial charge on any atom is -0.505 e. The number of carbonyl (C=O) groups excluding carboxylic acids is 1. The molecule has 0 aliphatic rings. The van der Waals surface area contributed by atoms with Crippen LogP contribution in [0.4, 0.5) is 14.9 Å². The van der Waals surface area contributed by atoms with E-state index in [2.05, 4.69) is 5.32 Å². The Kier molecular flexibility index (Phi) is 7.28. The number of methoxy groups -OCH3 is 1. The summed E-state index contributed by atoms with van der Waals surface area (Å²) < 4.78 is 24.3. The normalized spacial score (nSPS) is 12.7. The number of benzene rings is 2. The number of nitriles is 1. The van der Waals surface area contributed by atoms with E-state index in [1.165, 1.54) is 37.4 Å². The molecule has 29 heavy (non-hydrogen) atoms. The van der Waals surface area contributed by atoms with Crippen molar-refractivity contribution in [2.24, 2.45) is 0 Å². The highest BCUT2D eigenvalue weighted by Gasteiger charge is 2.27. The molecule has 0 radical (unpaired) electrons. The molecule has 2 aromatic carbocycles. The van der Waals surface area contributed by atoms with E-state index in [-0.39, 0.29) is 5.56 Å². The van der Waals surface area contributed by atoms with Crippen LogP contribution in [0.1, 0.15) is 17.2 Å². The van der Waals surface area contributed by atoms with E-state index < -0.39 is 35.8 Å². The lowest BCUT2D eigenvalue weighted by Gasteiger charge is -2.24. The molecule has 2 atom stereocenters. The maximum absolute atomic E-state index is 13.8. The Morgan fingerprint density at radius 1 is 1.24 bits per heavy atom. The number of phenols is 1. The third-order valence-corrected chi connectivity index (χ3v) is 3.79. The number of hydrogen-bond donors (Lipinski definition) is 3. The largest absolute Gasteiger partial charge is 0.505 e. The smallest absolute Gasteiger partial charge is 0.412 e. The topological polar surface area (TPSA) is 129 Å². The Morgan fingerprint density at radius 2 is 1.93 bits per heavy atom. The predicted octanol–water partition coefficient (Wildman–Crippen LogP) is 3.35. The molecule has 0 spiro atoms. The number of carboxylic acid groups (broad SMARTS) is 1. The maximum Gasteiger partial charge on any atom is 0.412 e. The monoisotopic (exact) mass is 400 g/mol. The fourth-order valence-electron chi connectivity index (χ4n) is 2.40. The van der Waals surface area contributed by atoms with Crippen molar-refractivity contribution in [3.05, 3.63) is 71.6 Å². The summed E-state index contributed by atoms with van der Waals surface area (Å²) in [6, 6.07) is 11.3. The van der Waals surface area contributed by atoms with Crippen molar-refractivity contribution in [3.8, 4) is 11.8 Å². The van der Waals surface area contributed by atoms with Crippen LogP contribution in [0.15, 0.2) is 54.6 Å². The molecular weight excluding hydrogens is 383 g/mol. The number of nitrogens with one attached hydrogen (secondary N) is 1. The Hall–Kier alpha value is -3.90. The number of phenolic OH excluding ortho intramolecular Hbond substituents is 1. The lowest BCUT2D eigenvalue weighted by Crippen LogP contribution is -2.27. The zero-order chi connectivity index (χ0) is 21.4. The van der Waals surface area contributed by atoms with Gasteiger partial charge in [-0.15, -0.1) is 0 Å². The van der Waals surface area contributed by atoms with E-state index in [9.17, 15) is 19.1 Å². The number of aromatic hydroxyl groups is 1. The van der Waals surface area contributed by atoms with Gasteiger partial charge in [-0.05, 0) is 48.0 Å². The molecule has 0 unspecified atom stereocenters. The van der Waals surface area contributed by atoms with Crippen LogP contribution < -0.4 is 5.32 Å². The molecule has 9 heteroatoms. The lowest BCUT2D eigenvalue weighted by atomic mass is 10.0. The van der Waals surface area contributed by atoms with Gasteiger partial charge in [0.05, 0.1) is 11.6 Å². The first-order valence-electron chi connectivity index (χ1n) is 8.24. The van der Waals surface area contributed by atoms with Crippen molar-refractivity contribution in [1.29, 1.82) is 5.26 Å². The first-order valence-corrected chi connectivity index (χ1v) is 8.24. The number of nitrogens with zero attached hydrogens (tertiary/aromatic N) is 1. The van der Waals surface area contributed by atoms with Gasteiger partial charge in [0.25, 0.3) is 0 Å². The maximum atomic E-state index is 13.8. The van der Waals surface area contributed by atoms with Crippen LogP contribution in [-0.4, -0.2) is 35.5 Å². The summed E-state index contributed by atoms with van der Waals surface area (Å²) in [6.07, 6.45) is -1.24. The molecule has 3 N–H and O–H groups in total. The number of aliphatic carboxylic acids is 1. The molecule has 0 saturated heterocycles. The average molecular weight is 400 g/mol. The van der Waals surface area contributed by atoms with Crippen molar-refractivity contribution in [2.45, 2.75) is 12.2 Å². The summed E-state index contributed by atoms with van der Waals surface area (Å²) >= 11 is 0. The third-order valence-electron chi connectivity index (χ3n) is 3.79. The van der Waals surface area contributed by atoms with Crippen LogP contribution in [0.2, 0.25) is 0 Å². The molecule has 0 aromatic heterocycles. The number of halogens is 1. The summed E-state index contributed by atoms with van der Waals surface area (Å²) in [6.45, 7) is 0. The van der Waals surface area contributed by atoms with Crippen LogP contribution in [0.25, 0.3) is 0 Å². The highest BCUT2D eigenvalue weighted by molar-refractivity contribution is 5.85. The minimum atomic E-state index is -1.25. The van der Waals surface area contributed by atoms with Gasteiger partial charge in [-0.2, -0.15) is 5.26 Å². The molecule has 2 aromatic rings. The van der Waals surface area contributed by atoms with Crippen LogP contribution in [0.5, 0.6) is 5.75 Å². The molecule has 8 nitrogen and oxygen atoms in total. The molecule has 0 aliphatic carbocycles. The second-order valence-electron chi connectivity index (χ2n) is 5.75. The second-order valence-corrected chi connectivity index (χ2v) is 5.75. The average Bonchev–Trinajstić information content (AvgIpc) is 2.70. The molecule has 150 valence electrons. The standard InChI is InChI=1S/C20H17FN2O6/c1-28-17(8-9-18(25)26)19(13-4-7-16(24)15(21)10-13)29-20(27)23-14-5-2-12(11-22)3-6-14/h2-10,17,19,24H,1H3,(H,23,27)(H,25,26)/b9-8+/t17-,19-/m0/s1. The van der Waals surface area contributed by atoms with Gasteiger partial charge in [-0.3, -0.25) is 5.32 Å². The molecule has 0 heterocycles. The van der Waals surface area contributed by atoms with Crippen molar-refractivity contribution < 1.29 is 33.7 Å². The van der Waals surface area contributed by atoms with Gasteiger partial charge in [0.2, 0.25) is 0 Å². The van der Waals surface area contributed by atoms with Gasteiger partial charge >= 0.3 is 12.1 Å². The molecular formula is C20H17FN2O6. The Labute approximate surface area is 165 Å². The van der Waals surface area contributed by atoms with Gasteiger partial charge in [0.15, 0.2) is 17.7 Å². The van der Waals surface area contributed by atoms with Gasteiger partial charge in [0, 0.05) is 18.9 Å². The summed E-state index contributed by atoms with van der Waals surface area (Å²) in [5.41, 5.74) is 0.886. The summed E-state index contributed by atoms with van der Waals surface area (Å²) in [5.74, 6) is -2.78. The van der Waals surface area contributed by atoms with E-state index in [1.54, 1.807) is 0 Å². The molecule has 0 bridgehead atoms. The van der Waals surface area contributed by atoms with Crippen LogP contribution >= 0.6 is 0 Å². The Balaban J connectivity index is 2.27. The first-order chi connectivity index (χ1) is 13.8. The van der Waals surface area contributed by atoms with E-state index in [0.717, 1.165) is 24.3 Å². The molecule has 0 saturated carbocycles. The zero-order valence-corrected chi connectivity index (χ0v) is 15.2. The number of anilines is 1. The van der Waals surface area contributed by atoms with E-state index >= 15 is 0 Å². The van der Waals surface area contributed by atoms with Crippen molar-refractivity contribution in [2.75, 3.05) is 12.4 Å². The van der Waals surface area contributed by atoms with E-state index in [0.29, 0.717) is 11.3 Å². The van der Waals surface area contributed by atoms with E-state index in [4.69, 9.17) is 19.8 Å². The van der Waals surface area contributed by atoms with Crippen molar-refractivity contribution in [3.63, 3.8) is 0 Å². The third kappa shape index (κ3) is 6.05. The first kappa shape index (κ1) is 21.4. The number of amides is 1. The quantitative estimate of drug-likeness (QED) is 0.608. The van der Waals surface area contributed by atoms with Gasteiger partial charge in [-0.25, -0.2) is 14.0 Å². The molecule has 0 aliphatic heterocycles. The van der Waals surface area contributed by atoms with E-state index in [1.807, 2.05) is 6.07 Å². The predicted molar refractivity (Wildman–Crippen MR) is 99.6 cm³/mol. The molecule has 0 fully saturated rings. The molecule has 1 amide bonds. The second kappa shape index (κ2) is 9.87. The SMILES string of the molecule is CO[C@@H](/C=C/C(=O)O)[C@@H](OC(=O)Nc1ccc(C#N)cc1)c1ccc(O)c(F)c1. The molecule has 2 rings (SSSR count). The van der Waals surface area contributed by atoms with Gasteiger partial charge in [0.1, 0.15) is 6.10 Å². The summed E-state index contributed by atoms with van der Waals surface area (Å²) in [7, 11) is 1.27. The number of hydrogen-bond acceptors (Lipinski definition) is 6. The fourth-order valence-corrected chi connectivity index (χ4v) is 2.40. The number of ether oxygens (including phenoxy) is 2. The Morgan fingerprint density at radius 3 is 2.48 bits per heavy atom. The van der Waals surface area contributed by atoms with Crippen LogP contribution in [0.3, 0.4) is 0 Å². The van der Waals surface area contributed by atoms with Gasteiger partial charge in [-0.1, -0.05) is 6.07 Å². The fraction of sp³-hybridized carbons (Fsp3) is 0.150. The lowest BCUT2D eigenvalue weighted by molar-refractivity contribution is -0.131. The highest BCUT2D eigenvalue weighted by atomic mass is 19.1. The van der Waals surface area contributed by atoms with Crippen molar-refractivity contribution in [1.82, 2.24) is 0 Å². The van der Waals surface area contributed by atoms with Crippen LogP contribution in [-0.2, 0) is 14.3 Å². The zero-order valence-electron chi connectivity index (χ0n) is 15.2. The summed E-state index contributed by atoms with van der Waals surface area (Å²) in [5, 5.41) is 29.5. The van der Waals surface area contributed by atoms with Gasteiger partial charge < -0.3 is 19.7 Å². The number of carboxylic acids is 1. The number of carbonyl (C=O) groups is 2.